The van der Waals surface area contributed by atoms with Crippen molar-refractivity contribution in [3.63, 3.8) is 0 Å². The molecule has 4 aromatic rings. The van der Waals surface area contributed by atoms with E-state index in [0.717, 1.165) is 33.6 Å². The van der Waals surface area contributed by atoms with E-state index in [-0.39, 0.29) is 11.8 Å². The van der Waals surface area contributed by atoms with Crippen molar-refractivity contribution in [1.29, 1.82) is 0 Å². The fourth-order valence-electron chi connectivity index (χ4n) is 3.97. The van der Waals surface area contributed by atoms with E-state index in [1.54, 1.807) is 48.5 Å². The van der Waals surface area contributed by atoms with Gasteiger partial charge in [0.25, 0.3) is 11.8 Å². The number of nitrogens with one attached hydrogen (secondary N) is 2. The van der Waals surface area contributed by atoms with E-state index in [1.807, 2.05) is 52.0 Å². The monoisotopic (exact) mass is 476 g/mol. The van der Waals surface area contributed by atoms with Crippen molar-refractivity contribution in [2.45, 2.75) is 27.7 Å². The Labute approximate surface area is 211 Å². The van der Waals surface area contributed by atoms with Crippen LogP contribution in [0.3, 0.4) is 0 Å². The maximum atomic E-state index is 12.6. The van der Waals surface area contributed by atoms with Crippen molar-refractivity contribution < 1.29 is 9.59 Å². The number of hydrogen-bond donors (Lipinski definition) is 2. The second kappa shape index (κ2) is 10.8. The quantitative estimate of drug-likeness (QED) is 0.278. The summed E-state index contributed by atoms with van der Waals surface area (Å²) in [6, 6.07) is 25.7. The topological polar surface area (TPSA) is 82.9 Å². The number of anilines is 2. The molecule has 2 N–H and O–H groups in total. The van der Waals surface area contributed by atoms with Gasteiger partial charge in [-0.1, -0.05) is 12.1 Å². The molecule has 0 aliphatic rings. The zero-order chi connectivity index (χ0) is 25.7. The molecule has 0 aliphatic heterocycles. The lowest BCUT2D eigenvalue weighted by molar-refractivity contribution is 0.101. The Bertz CT molecular complexity index is 1290. The van der Waals surface area contributed by atoms with Crippen LogP contribution in [0.5, 0.6) is 0 Å². The average Bonchev–Trinajstić information content (AvgIpc) is 2.82. The molecular formula is C30H28N4O2. The van der Waals surface area contributed by atoms with Gasteiger partial charge in [0.1, 0.15) is 0 Å². The average molecular weight is 477 g/mol. The molecule has 0 saturated heterocycles. The molecular weight excluding hydrogens is 448 g/mol. The Morgan fingerprint density at radius 1 is 0.500 bits per heavy atom. The highest BCUT2D eigenvalue weighted by atomic mass is 16.2. The lowest BCUT2D eigenvalue weighted by atomic mass is 10.1. The summed E-state index contributed by atoms with van der Waals surface area (Å²) < 4.78 is 0. The zero-order valence-electron chi connectivity index (χ0n) is 20.8. The molecule has 0 saturated carbocycles. The van der Waals surface area contributed by atoms with Gasteiger partial charge in [-0.25, -0.2) is 0 Å². The molecule has 0 bridgehead atoms. The number of benzene rings is 4. The van der Waals surface area contributed by atoms with E-state index >= 15 is 0 Å². The summed E-state index contributed by atoms with van der Waals surface area (Å²) in [4.78, 5) is 25.1. The number of nitrogens with zero attached hydrogens (tertiary/aromatic N) is 2. The number of carbonyl (C=O) groups is 2. The molecule has 6 nitrogen and oxygen atoms in total. The first kappa shape index (κ1) is 24.5. The summed E-state index contributed by atoms with van der Waals surface area (Å²) in [5, 5.41) is 14.3. The van der Waals surface area contributed by atoms with E-state index < -0.39 is 0 Å². The van der Waals surface area contributed by atoms with Crippen molar-refractivity contribution in [1.82, 2.24) is 0 Å². The Morgan fingerprint density at radius 3 is 1.11 bits per heavy atom. The molecule has 0 unspecified atom stereocenters. The maximum absolute atomic E-state index is 12.6. The minimum Gasteiger partial charge on any atom is -0.322 e. The van der Waals surface area contributed by atoms with Gasteiger partial charge in [-0.3, -0.25) is 9.59 Å². The third-order valence-electron chi connectivity index (χ3n) is 5.50. The summed E-state index contributed by atoms with van der Waals surface area (Å²) in [5.74, 6) is -0.364. The van der Waals surface area contributed by atoms with Crippen LogP contribution in [0, 0.1) is 27.7 Å². The van der Waals surface area contributed by atoms with Gasteiger partial charge < -0.3 is 10.6 Å². The standard InChI is InChI=1S/C30H28N4O2/c1-19-13-20(2)16-27(15-19)31-29(35)23-5-9-25(10-6-23)33-34-26-11-7-24(8-12-26)30(36)32-28-17-21(3)14-22(4)18-28/h5-18H,1-4H3,(H,31,35)(H,32,36). The smallest absolute Gasteiger partial charge is 0.255 e. The van der Waals surface area contributed by atoms with E-state index in [2.05, 4.69) is 33.0 Å². The van der Waals surface area contributed by atoms with Gasteiger partial charge in [-0.15, -0.1) is 0 Å². The molecule has 0 aliphatic carbocycles. The van der Waals surface area contributed by atoms with Crippen molar-refractivity contribution in [2.24, 2.45) is 10.2 Å². The van der Waals surface area contributed by atoms with E-state index in [9.17, 15) is 9.59 Å². The second-order valence-corrected chi connectivity index (χ2v) is 8.95. The fraction of sp³-hybridized carbons (Fsp3) is 0.133. The molecule has 0 radical (unpaired) electrons. The molecule has 2 amide bonds. The third kappa shape index (κ3) is 6.51. The van der Waals surface area contributed by atoms with Crippen LogP contribution >= 0.6 is 0 Å². The van der Waals surface area contributed by atoms with Crippen LogP contribution in [0.15, 0.2) is 95.2 Å². The lowest BCUT2D eigenvalue weighted by Crippen LogP contribution is -2.11. The molecule has 36 heavy (non-hydrogen) atoms. The number of rotatable bonds is 6. The molecule has 4 rings (SSSR count). The molecule has 4 aromatic carbocycles. The van der Waals surface area contributed by atoms with Crippen LogP contribution in [0.1, 0.15) is 43.0 Å². The lowest BCUT2D eigenvalue weighted by Gasteiger charge is -2.08. The molecule has 0 spiro atoms. The Morgan fingerprint density at radius 2 is 0.806 bits per heavy atom. The first-order valence-corrected chi connectivity index (χ1v) is 11.7. The predicted octanol–water partition coefficient (Wildman–Crippen LogP) is 7.84. The minimum atomic E-state index is -0.182. The number of amides is 2. The molecule has 0 heterocycles. The highest BCUT2D eigenvalue weighted by Crippen LogP contribution is 2.21. The first-order chi connectivity index (χ1) is 17.2. The summed E-state index contributed by atoms with van der Waals surface area (Å²) in [5.41, 5.74) is 8.22. The second-order valence-electron chi connectivity index (χ2n) is 8.95. The number of aryl methyl sites for hydroxylation is 4. The Hall–Kier alpha value is -4.58. The minimum absolute atomic E-state index is 0.182. The normalized spacial score (nSPS) is 10.9. The van der Waals surface area contributed by atoms with Crippen LogP contribution < -0.4 is 10.6 Å². The van der Waals surface area contributed by atoms with Gasteiger partial charge in [0, 0.05) is 22.5 Å². The zero-order valence-corrected chi connectivity index (χ0v) is 20.8. The van der Waals surface area contributed by atoms with Crippen LogP contribution in [-0.2, 0) is 0 Å². The SMILES string of the molecule is Cc1cc(C)cc(NC(=O)c2ccc(N=Nc3ccc(C(=O)Nc4cc(C)cc(C)c4)cc3)cc2)c1. The largest absolute Gasteiger partial charge is 0.322 e. The molecule has 0 atom stereocenters. The number of hydrogen-bond acceptors (Lipinski definition) is 4. The first-order valence-electron chi connectivity index (χ1n) is 11.7. The molecule has 180 valence electrons. The maximum Gasteiger partial charge on any atom is 0.255 e. The van der Waals surface area contributed by atoms with Gasteiger partial charge in [0.15, 0.2) is 0 Å². The van der Waals surface area contributed by atoms with Crippen LogP contribution in [0.2, 0.25) is 0 Å². The van der Waals surface area contributed by atoms with Crippen LogP contribution in [-0.4, -0.2) is 11.8 Å². The third-order valence-corrected chi connectivity index (χ3v) is 5.50. The predicted molar refractivity (Wildman–Crippen MR) is 145 cm³/mol. The fourth-order valence-corrected chi connectivity index (χ4v) is 3.97. The van der Waals surface area contributed by atoms with Crippen molar-refractivity contribution in [2.75, 3.05) is 10.6 Å². The van der Waals surface area contributed by atoms with Gasteiger partial charge in [0.2, 0.25) is 0 Å². The molecule has 0 aromatic heterocycles. The highest BCUT2D eigenvalue weighted by molar-refractivity contribution is 6.05. The summed E-state index contributed by atoms with van der Waals surface area (Å²) in [6.45, 7) is 7.99. The summed E-state index contributed by atoms with van der Waals surface area (Å²) in [6.07, 6.45) is 0. The van der Waals surface area contributed by atoms with E-state index in [1.165, 1.54) is 0 Å². The summed E-state index contributed by atoms with van der Waals surface area (Å²) >= 11 is 0. The van der Waals surface area contributed by atoms with Gasteiger partial charge >= 0.3 is 0 Å². The van der Waals surface area contributed by atoms with Crippen molar-refractivity contribution in [3.05, 3.63) is 118 Å². The molecule has 6 heteroatoms. The molecule has 0 fully saturated rings. The van der Waals surface area contributed by atoms with Crippen molar-refractivity contribution >= 4 is 34.6 Å². The van der Waals surface area contributed by atoms with E-state index in [4.69, 9.17) is 0 Å². The van der Waals surface area contributed by atoms with Crippen LogP contribution in [0.4, 0.5) is 22.7 Å². The van der Waals surface area contributed by atoms with Crippen LogP contribution in [0.25, 0.3) is 0 Å². The Kier molecular flexibility index (Phi) is 7.35. The highest BCUT2D eigenvalue weighted by Gasteiger charge is 2.08. The van der Waals surface area contributed by atoms with Crippen molar-refractivity contribution in [3.8, 4) is 0 Å². The van der Waals surface area contributed by atoms with Gasteiger partial charge in [-0.05, 0) is 123 Å². The number of azo groups is 1. The Balaban J connectivity index is 1.36. The van der Waals surface area contributed by atoms with Gasteiger partial charge in [0.05, 0.1) is 11.4 Å². The number of carbonyl (C=O) groups excluding carboxylic acids is 2. The summed E-state index contributed by atoms with van der Waals surface area (Å²) in [7, 11) is 0. The van der Waals surface area contributed by atoms with E-state index in [0.29, 0.717) is 22.5 Å². The van der Waals surface area contributed by atoms with Gasteiger partial charge in [-0.2, -0.15) is 10.2 Å².